The summed E-state index contributed by atoms with van der Waals surface area (Å²) in [5.74, 6) is 0. The van der Waals surface area contributed by atoms with E-state index in [1.807, 2.05) is 0 Å². The third-order valence-electron chi connectivity index (χ3n) is 12.8. The van der Waals surface area contributed by atoms with Gasteiger partial charge in [-0.25, -0.2) is 0 Å². The van der Waals surface area contributed by atoms with Crippen molar-refractivity contribution in [2.45, 2.75) is 5.41 Å². The average molecular weight is 777 g/mol. The van der Waals surface area contributed by atoms with E-state index in [0.29, 0.717) is 0 Å². The summed E-state index contributed by atoms with van der Waals surface area (Å²) < 4.78 is 2.41. The van der Waals surface area contributed by atoms with Crippen LogP contribution in [0.15, 0.2) is 243 Å². The molecular formula is C59H40N2. The molecule has 0 amide bonds. The third kappa shape index (κ3) is 5.43. The van der Waals surface area contributed by atoms with Gasteiger partial charge in [-0.3, -0.25) is 0 Å². The highest BCUT2D eigenvalue weighted by Crippen LogP contribution is 2.56. The van der Waals surface area contributed by atoms with E-state index < -0.39 is 5.41 Å². The van der Waals surface area contributed by atoms with Gasteiger partial charge in [-0.1, -0.05) is 188 Å². The summed E-state index contributed by atoms with van der Waals surface area (Å²) in [4.78, 5) is 2.43. The van der Waals surface area contributed by atoms with E-state index in [1.54, 1.807) is 0 Å². The van der Waals surface area contributed by atoms with Gasteiger partial charge in [-0.15, -0.1) is 0 Å². The summed E-state index contributed by atoms with van der Waals surface area (Å²) >= 11 is 0. The number of anilines is 3. The molecule has 2 heteroatoms. The maximum Gasteiger partial charge on any atom is 0.0714 e. The minimum absolute atomic E-state index is 0.515. The normalized spacial score (nSPS) is 12.7. The van der Waals surface area contributed by atoms with Gasteiger partial charge in [0.15, 0.2) is 0 Å². The maximum absolute atomic E-state index is 2.43. The second kappa shape index (κ2) is 14.1. The van der Waals surface area contributed by atoms with Crippen molar-refractivity contribution in [3.05, 3.63) is 265 Å². The minimum Gasteiger partial charge on any atom is -0.310 e. The Bertz CT molecular complexity index is 3330. The van der Waals surface area contributed by atoms with E-state index in [-0.39, 0.29) is 0 Å². The molecule has 0 bridgehead atoms. The van der Waals surface area contributed by atoms with Gasteiger partial charge in [0, 0.05) is 33.5 Å². The number of aromatic nitrogens is 1. The van der Waals surface area contributed by atoms with Crippen molar-refractivity contribution in [3.63, 3.8) is 0 Å². The second-order valence-corrected chi connectivity index (χ2v) is 16.1. The molecule has 61 heavy (non-hydrogen) atoms. The van der Waals surface area contributed by atoms with Crippen LogP contribution in [0.4, 0.5) is 17.1 Å². The van der Waals surface area contributed by atoms with Crippen molar-refractivity contribution < 1.29 is 0 Å². The van der Waals surface area contributed by atoms with Crippen LogP contribution in [0.1, 0.15) is 22.3 Å². The van der Waals surface area contributed by atoms with Crippen LogP contribution in [0.5, 0.6) is 0 Å². The number of fused-ring (bicyclic) bond motifs is 7. The molecule has 12 rings (SSSR count). The second-order valence-electron chi connectivity index (χ2n) is 16.1. The molecule has 0 N–H and O–H groups in total. The highest BCUT2D eigenvalue weighted by molar-refractivity contribution is 6.09. The van der Waals surface area contributed by atoms with E-state index in [2.05, 4.69) is 252 Å². The first kappa shape index (κ1) is 35.0. The molecule has 0 fully saturated rings. The molecule has 0 aliphatic heterocycles. The van der Waals surface area contributed by atoms with Crippen LogP contribution in [0, 0.1) is 0 Å². The van der Waals surface area contributed by atoms with Crippen LogP contribution in [0.3, 0.4) is 0 Å². The Morgan fingerprint density at radius 3 is 1.54 bits per heavy atom. The number of rotatable bonds is 7. The smallest absolute Gasteiger partial charge is 0.0714 e. The Morgan fingerprint density at radius 2 is 0.836 bits per heavy atom. The van der Waals surface area contributed by atoms with Crippen molar-refractivity contribution in [1.82, 2.24) is 4.57 Å². The fourth-order valence-electron chi connectivity index (χ4n) is 10.3. The van der Waals surface area contributed by atoms with Gasteiger partial charge < -0.3 is 9.47 Å². The topological polar surface area (TPSA) is 8.17 Å². The lowest BCUT2D eigenvalue weighted by Gasteiger charge is -2.35. The summed E-state index contributed by atoms with van der Waals surface area (Å²) in [7, 11) is 0. The number of para-hydroxylation sites is 2. The van der Waals surface area contributed by atoms with Gasteiger partial charge in [0.05, 0.1) is 16.4 Å². The van der Waals surface area contributed by atoms with Crippen molar-refractivity contribution in [1.29, 1.82) is 0 Å². The zero-order valence-corrected chi connectivity index (χ0v) is 33.5. The molecule has 1 aromatic heterocycles. The summed E-state index contributed by atoms with van der Waals surface area (Å²) in [5, 5.41) is 5.00. The van der Waals surface area contributed by atoms with E-state index in [9.17, 15) is 0 Å². The summed E-state index contributed by atoms with van der Waals surface area (Å²) in [5.41, 5.74) is 16.3. The van der Waals surface area contributed by atoms with Crippen LogP contribution in [0.25, 0.3) is 60.5 Å². The van der Waals surface area contributed by atoms with Crippen molar-refractivity contribution in [2.24, 2.45) is 0 Å². The summed E-state index contributed by atoms with van der Waals surface area (Å²) in [6, 6.07) is 89.1. The van der Waals surface area contributed by atoms with Crippen LogP contribution in [0.2, 0.25) is 0 Å². The van der Waals surface area contributed by atoms with E-state index in [1.165, 1.54) is 77.1 Å². The number of hydrogen-bond donors (Lipinski definition) is 0. The van der Waals surface area contributed by atoms with Crippen LogP contribution in [-0.4, -0.2) is 4.57 Å². The largest absolute Gasteiger partial charge is 0.310 e. The third-order valence-corrected chi connectivity index (χ3v) is 12.8. The zero-order valence-electron chi connectivity index (χ0n) is 33.5. The Balaban J connectivity index is 1.08. The lowest BCUT2D eigenvalue weighted by Crippen LogP contribution is -2.28. The van der Waals surface area contributed by atoms with Crippen molar-refractivity contribution >= 4 is 49.6 Å². The van der Waals surface area contributed by atoms with Crippen LogP contribution in [-0.2, 0) is 5.41 Å². The highest BCUT2D eigenvalue weighted by atomic mass is 15.1. The lowest BCUT2D eigenvalue weighted by molar-refractivity contribution is 0.768. The maximum atomic E-state index is 2.43. The van der Waals surface area contributed by atoms with E-state index >= 15 is 0 Å². The molecule has 0 saturated carbocycles. The van der Waals surface area contributed by atoms with Gasteiger partial charge in [0.1, 0.15) is 0 Å². The van der Waals surface area contributed by atoms with Crippen molar-refractivity contribution in [3.8, 4) is 27.9 Å². The summed E-state index contributed by atoms with van der Waals surface area (Å²) in [6.07, 6.45) is 0. The molecule has 0 radical (unpaired) electrons. The first-order valence-electron chi connectivity index (χ1n) is 21.1. The molecule has 1 heterocycles. The molecule has 286 valence electrons. The standard InChI is InChI=1S/C59H40N2/c1-2-19-43(20-3-1)59(55-31-10-6-26-51(55)52-27-7-11-32-56(52)59)44-21-15-22-46(39-44)60(45-37-35-42(36-38-45)50-30-14-18-41-17-4-5-25-49(41)50)47-23-16-24-48(40-47)61-57-33-12-8-28-53(57)54-29-9-13-34-58(54)61/h1-40H. The van der Waals surface area contributed by atoms with Gasteiger partial charge in [0.25, 0.3) is 0 Å². The SMILES string of the molecule is c1ccc(C2(c3cccc(N(c4ccc(-c5cccc6ccccc56)cc4)c4cccc(-n5c6ccccc6c6ccccc65)c4)c3)c3ccccc3-c3ccccc32)cc1. The first-order chi connectivity index (χ1) is 30.3. The fraction of sp³-hybridized carbons (Fsp3) is 0.0169. The number of benzene rings is 10. The van der Waals surface area contributed by atoms with Gasteiger partial charge >= 0.3 is 0 Å². The first-order valence-corrected chi connectivity index (χ1v) is 21.1. The Labute approximate surface area is 355 Å². The molecular weight excluding hydrogens is 737 g/mol. The molecule has 10 aromatic carbocycles. The van der Waals surface area contributed by atoms with E-state index in [0.717, 1.165) is 22.7 Å². The number of hydrogen-bond acceptors (Lipinski definition) is 1. The molecule has 0 spiro atoms. The van der Waals surface area contributed by atoms with E-state index in [4.69, 9.17) is 0 Å². The predicted octanol–water partition coefficient (Wildman–Crippen LogP) is 15.4. The van der Waals surface area contributed by atoms with Crippen LogP contribution >= 0.6 is 0 Å². The van der Waals surface area contributed by atoms with Crippen molar-refractivity contribution in [2.75, 3.05) is 4.90 Å². The van der Waals surface area contributed by atoms with Gasteiger partial charge in [-0.05, 0) is 110 Å². The predicted molar refractivity (Wildman–Crippen MR) is 256 cm³/mol. The van der Waals surface area contributed by atoms with Crippen LogP contribution < -0.4 is 4.90 Å². The van der Waals surface area contributed by atoms with Gasteiger partial charge in [-0.2, -0.15) is 0 Å². The molecule has 0 unspecified atom stereocenters. The minimum atomic E-state index is -0.515. The monoisotopic (exact) mass is 776 g/mol. The highest BCUT2D eigenvalue weighted by Gasteiger charge is 2.46. The summed E-state index contributed by atoms with van der Waals surface area (Å²) in [6.45, 7) is 0. The molecule has 1 aliphatic rings. The molecule has 2 nitrogen and oxygen atoms in total. The molecule has 11 aromatic rings. The number of nitrogens with zero attached hydrogens (tertiary/aromatic N) is 2. The fourth-order valence-corrected chi connectivity index (χ4v) is 10.3. The molecule has 0 atom stereocenters. The molecule has 1 aliphatic carbocycles. The quantitative estimate of drug-likeness (QED) is 0.156. The zero-order chi connectivity index (χ0) is 40.3. The van der Waals surface area contributed by atoms with Gasteiger partial charge in [0.2, 0.25) is 0 Å². The lowest BCUT2D eigenvalue weighted by atomic mass is 9.67. The Kier molecular flexibility index (Phi) is 8.11. The Hall–Kier alpha value is -7.94. The average Bonchev–Trinajstić information content (AvgIpc) is 3.83. The molecule has 0 saturated heterocycles. The Morgan fingerprint density at radius 1 is 0.328 bits per heavy atom.